The first kappa shape index (κ1) is 31.9. The van der Waals surface area contributed by atoms with Crippen LogP contribution in [0.2, 0.25) is 0 Å². The van der Waals surface area contributed by atoms with Crippen molar-refractivity contribution in [2.75, 3.05) is 0 Å². The maximum Gasteiger partial charge on any atom is 4.00 e. The van der Waals surface area contributed by atoms with E-state index in [1.165, 1.54) is 24.3 Å². The van der Waals surface area contributed by atoms with Crippen LogP contribution in [0.5, 0.6) is 57.5 Å². The van der Waals surface area contributed by atoms with E-state index in [0.717, 1.165) is 36.4 Å². The Morgan fingerprint density at radius 3 is 1.18 bits per heavy atom. The Morgan fingerprint density at radius 2 is 0.844 bits per heavy atom. The van der Waals surface area contributed by atoms with Crippen LogP contribution in [0.4, 0.5) is 0 Å². The van der Waals surface area contributed by atoms with Gasteiger partial charge in [-0.3, -0.25) is 9.59 Å². The molecule has 2 aromatic heterocycles. The number of phenolic OH excluding ortho intramolecular Hbond substituents is 4. The summed E-state index contributed by atoms with van der Waals surface area (Å²) in [6.07, 6.45) is 0. The molecular weight excluding hydrogens is 632 g/mol. The van der Waals surface area contributed by atoms with Gasteiger partial charge in [-0.25, -0.2) is 0 Å². The predicted octanol–water partition coefficient (Wildman–Crippen LogP) is 0.910. The number of aromatic hydroxyl groups is 4. The van der Waals surface area contributed by atoms with Crippen LogP contribution >= 0.6 is 0 Å². The van der Waals surface area contributed by atoms with Crippen molar-refractivity contribution < 1.29 is 81.6 Å². The van der Waals surface area contributed by atoms with Crippen LogP contribution in [0, 0.1) is 0 Å². The van der Waals surface area contributed by atoms with Crippen molar-refractivity contribution in [1.82, 2.24) is 0 Å². The van der Waals surface area contributed by atoms with Gasteiger partial charge in [-0.1, -0.05) is 23.0 Å². The van der Waals surface area contributed by atoms with Crippen LogP contribution in [0.3, 0.4) is 0 Å². The molecule has 14 nitrogen and oxygen atoms in total. The van der Waals surface area contributed by atoms with Gasteiger partial charge in [0.25, 0.3) is 10.9 Å². The molecular formula is C30H18O14Ti+2. The zero-order valence-electron chi connectivity index (χ0n) is 22.3. The number of benzene rings is 4. The summed E-state index contributed by atoms with van der Waals surface area (Å²) < 4.78 is 10.6. The molecule has 2 heterocycles. The summed E-state index contributed by atoms with van der Waals surface area (Å²) in [5.74, 6) is -6.05. The molecule has 6 rings (SSSR count). The van der Waals surface area contributed by atoms with Crippen LogP contribution in [0.15, 0.2) is 79.1 Å². The third-order valence-corrected chi connectivity index (χ3v) is 6.31. The fourth-order valence-electron chi connectivity index (χ4n) is 4.32. The SMILES string of the molecule is O=c1c([OH2+])c(-c2ccc(O)cc2[O-])oc2cc(O)cc([O-])c12.O=c1c([OH2+])c(-c2ccc(O)cc2[O-])oc2cc(O)cc([O-])c12.[Ti+4]. The van der Waals surface area contributed by atoms with Gasteiger partial charge in [0.15, 0.2) is 0 Å². The van der Waals surface area contributed by atoms with Crippen molar-refractivity contribution in [3.05, 3.63) is 81.1 Å². The van der Waals surface area contributed by atoms with Crippen LogP contribution in [-0.2, 0) is 21.7 Å². The third-order valence-electron chi connectivity index (χ3n) is 6.31. The maximum absolute atomic E-state index is 12.2. The minimum atomic E-state index is -0.895. The fraction of sp³-hybridized carbons (Fsp3) is 0. The Morgan fingerprint density at radius 1 is 0.511 bits per heavy atom. The molecule has 0 saturated carbocycles. The first-order chi connectivity index (χ1) is 20.8. The van der Waals surface area contributed by atoms with Crippen molar-refractivity contribution >= 4 is 21.9 Å². The van der Waals surface area contributed by atoms with E-state index in [9.17, 15) is 50.4 Å². The predicted molar refractivity (Wildman–Crippen MR) is 146 cm³/mol. The second-order valence-corrected chi connectivity index (χ2v) is 9.27. The summed E-state index contributed by atoms with van der Waals surface area (Å²) in [4.78, 5) is 24.3. The Labute approximate surface area is 264 Å². The molecule has 0 aliphatic carbocycles. The molecule has 0 radical (unpaired) electrons. The Bertz CT molecular complexity index is 2080. The molecule has 0 spiro atoms. The molecule has 0 fully saturated rings. The van der Waals surface area contributed by atoms with Gasteiger partial charge < -0.3 is 59.9 Å². The first-order valence-corrected chi connectivity index (χ1v) is 12.2. The largest absolute Gasteiger partial charge is 4.00 e. The fourth-order valence-corrected chi connectivity index (χ4v) is 4.32. The quantitative estimate of drug-likeness (QED) is 0.150. The van der Waals surface area contributed by atoms with E-state index in [1.807, 2.05) is 0 Å². The normalized spacial score (nSPS) is 10.7. The molecule has 0 bridgehead atoms. The van der Waals surface area contributed by atoms with Gasteiger partial charge in [-0.15, -0.1) is 0 Å². The second kappa shape index (κ2) is 12.0. The third kappa shape index (κ3) is 5.82. The van der Waals surface area contributed by atoms with Crippen molar-refractivity contribution in [2.24, 2.45) is 0 Å². The topological polar surface area (TPSA) is 279 Å². The summed E-state index contributed by atoms with van der Waals surface area (Å²) in [6, 6.07) is 10.5. The summed E-state index contributed by atoms with van der Waals surface area (Å²) in [6.45, 7) is 0. The van der Waals surface area contributed by atoms with Crippen LogP contribution in [-0.4, -0.2) is 30.6 Å². The Hall–Kier alpha value is -5.99. The van der Waals surface area contributed by atoms with Gasteiger partial charge >= 0.3 is 33.2 Å². The molecule has 0 amide bonds. The summed E-state index contributed by atoms with van der Waals surface area (Å²) >= 11 is 0. The van der Waals surface area contributed by atoms with Crippen LogP contribution in [0.1, 0.15) is 0 Å². The maximum atomic E-state index is 12.2. The molecule has 0 atom stereocenters. The van der Waals surface area contributed by atoms with E-state index in [1.54, 1.807) is 0 Å². The van der Waals surface area contributed by atoms with Crippen LogP contribution in [0.25, 0.3) is 44.6 Å². The van der Waals surface area contributed by atoms with E-state index in [4.69, 9.17) is 19.0 Å². The van der Waals surface area contributed by atoms with Crippen LogP contribution < -0.4 is 31.3 Å². The Balaban J connectivity index is 0.000000200. The number of rotatable bonds is 2. The Kier molecular flexibility index (Phi) is 8.48. The zero-order chi connectivity index (χ0) is 32.0. The molecule has 6 aromatic rings. The van der Waals surface area contributed by atoms with Crippen molar-refractivity contribution in [3.63, 3.8) is 0 Å². The smallest absolute Gasteiger partial charge is 0.872 e. The van der Waals surface area contributed by atoms with Gasteiger partial charge in [0.2, 0.25) is 11.5 Å². The number of phenols is 4. The van der Waals surface area contributed by atoms with Gasteiger partial charge in [0.1, 0.15) is 34.2 Å². The number of hydrogen-bond acceptors (Lipinski definition) is 12. The van der Waals surface area contributed by atoms with Gasteiger partial charge in [-0.2, -0.15) is 0 Å². The minimum Gasteiger partial charge on any atom is -0.872 e. The summed E-state index contributed by atoms with van der Waals surface area (Å²) in [5.41, 5.74) is -2.42. The van der Waals surface area contributed by atoms with Crippen molar-refractivity contribution in [2.45, 2.75) is 0 Å². The molecule has 224 valence electrons. The monoisotopic (exact) mass is 650 g/mol. The standard InChI is InChI=1S/2C15H10O7.Ti/c2*16-6-1-2-8(9(18)3-6)15-14(21)13(20)12-10(19)4-7(17)5-11(12)22-15;/h2*1-5,16-19,21H;/q;;+4/p-2. The van der Waals surface area contributed by atoms with Gasteiger partial charge in [0, 0.05) is 23.3 Å². The van der Waals surface area contributed by atoms with E-state index in [0.29, 0.717) is 0 Å². The van der Waals surface area contributed by atoms with E-state index in [-0.39, 0.29) is 77.8 Å². The molecule has 15 heteroatoms. The van der Waals surface area contributed by atoms with Gasteiger partial charge in [-0.05, 0) is 48.5 Å². The average molecular weight is 650 g/mol. The van der Waals surface area contributed by atoms with E-state index >= 15 is 0 Å². The van der Waals surface area contributed by atoms with E-state index < -0.39 is 56.9 Å². The molecule has 0 aliphatic heterocycles. The van der Waals surface area contributed by atoms with Crippen molar-refractivity contribution in [1.29, 1.82) is 0 Å². The van der Waals surface area contributed by atoms with Gasteiger partial charge in [0.05, 0.1) is 10.8 Å². The molecule has 8 N–H and O–H groups in total. The molecule has 0 saturated heterocycles. The van der Waals surface area contributed by atoms with E-state index in [2.05, 4.69) is 0 Å². The van der Waals surface area contributed by atoms with Crippen molar-refractivity contribution in [3.8, 4) is 80.1 Å². The molecule has 0 aliphatic rings. The molecule has 4 aromatic carbocycles. The average Bonchev–Trinajstić information content (AvgIpc) is 2.93. The first-order valence-electron chi connectivity index (χ1n) is 12.2. The molecule has 0 unspecified atom stereocenters. The number of fused-ring (bicyclic) bond motifs is 2. The second-order valence-electron chi connectivity index (χ2n) is 9.27. The number of hydrogen-bond donors (Lipinski definition) is 4. The summed E-state index contributed by atoms with van der Waals surface area (Å²) in [7, 11) is 0. The minimum absolute atomic E-state index is 0. The zero-order valence-corrected chi connectivity index (χ0v) is 23.9. The summed E-state index contributed by atoms with van der Waals surface area (Å²) in [5, 5.41) is 99.4. The molecule has 45 heavy (non-hydrogen) atoms.